The van der Waals surface area contributed by atoms with Crippen LogP contribution in [0.25, 0.3) is 17.5 Å². The first kappa shape index (κ1) is 19.8. The van der Waals surface area contributed by atoms with E-state index in [1.807, 2.05) is 36.4 Å². The van der Waals surface area contributed by atoms with Gasteiger partial charge in [0, 0.05) is 24.1 Å². The molecule has 2 aliphatic rings. The van der Waals surface area contributed by atoms with Gasteiger partial charge in [-0.2, -0.15) is 4.31 Å². The van der Waals surface area contributed by atoms with Crippen molar-refractivity contribution < 1.29 is 22.3 Å². The first-order valence-corrected chi connectivity index (χ1v) is 11.6. The Kier molecular flexibility index (Phi) is 5.21. The predicted molar refractivity (Wildman–Crippen MR) is 114 cm³/mol. The van der Waals surface area contributed by atoms with Crippen LogP contribution in [-0.4, -0.2) is 42.8 Å². The van der Waals surface area contributed by atoms with Crippen molar-refractivity contribution in [3.05, 3.63) is 65.4 Å². The number of ether oxygens (including phenoxy) is 2. The second-order valence-corrected chi connectivity index (χ2v) is 9.29. The Morgan fingerprint density at radius 3 is 2.74 bits per heavy atom. The largest absolute Gasteiger partial charge is 0.454 e. The monoisotopic (exact) mass is 439 g/mol. The highest BCUT2D eigenvalue weighted by atomic mass is 32.2. The molecule has 0 amide bonds. The molecule has 9 heteroatoms. The van der Waals surface area contributed by atoms with Gasteiger partial charge in [0.2, 0.25) is 28.6 Å². The van der Waals surface area contributed by atoms with Gasteiger partial charge >= 0.3 is 0 Å². The Bertz CT molecular complexity index is 1210. The van der Waals surface area contributed by atoms with Crippen LogP contribution in [0.4, 0.5) is 0 Å². The van der Waals surface area contributed by atoms with Crippen molar-refractivity contribution in [2.75, 3.05) is 19.9 Å². The number of piperidine rings is 1. The van der Waals surface area contributed by atoms with E-state index in [2.05, 4.69) is 10.2 Å². The summed E-state index contributed by atoms with van der Waals surface area (Å²) in [4.78, 5) is 0. The van der Waals surface area contributed by atoms with Crippen LogP contribution in [0.1, 0.15) is 30.2 Å². The third kappa shape index (κ3) is 4.19. The summed E-state index contributed by atoms with van der Waals surface area (Å²) < 4.78 is 43.7. The average Bonchev–Trinajstić information content (AvgIpc) is 3.48. The van der Waals surface area contributed by atoms with E-state index in [0.717, 1.165) is 24.0 Å². The van der Waals surface area contributed by atoms with Gasteiger partial charge in [0.05, 0.1) is 5.92 Å². The Morgan fingerprint density at radius 1 is 1.03 bits per heavy atom. The van der Waals surface area contributed by atoms with Gasteiger partial charge in [-0.3, -0.25) is 0 Å². The van der Waals surface area contributed by atoms with Crippen LogP contribution < -0.4 is 9.47 Å². The van der Waals surface area contributed by atoms with E-state index in [9.17, 15) is 8.42 Å². The van der Waals surface area contributed by atoms with Gasteiger partial charge in [-0.1, -0.05) is 30.3 Å². The number of hydrogen-bond acceptors (Lipinski definition) is 7. The number of fused-ring (bicyclic) bond motifs is 1. The molecule has 1 atom stereocenters. The van der Waals surface area contributed by atoms with Gasteiger partial charge in [-0.05, 0) is 42.7 Å². The number of benzene rings is 2. The molecule has 0 N–H and O–H groups in total. The fourth-order valence-electron chi connectivity index (χ4n) is 3.74. The lowest BCUT2D eigenvalue weighted by molar-refractivity contribution is 0.174. The maximum absolute atomic E-state index is 12.8. The highest BCUT2D eigenvalue weighted by Crippen LogP contribution is 2.36. The molecule has 3 aromatic rings. The zero-order chi connectivity index (χ0) is 21.3. The topological polar surface area (TPSA) is 94.8 Å². The minimum atomic E-state index is -3.54. The molecular weight excluding hydrogens is 418 g/mol. The van der Waals surface area contributed by atoms with Crippen LogP contribution in [0.3, 0.4) is 0 Å². The van der Waals surface area contributed by atoms with Crippen LogP contribution >= 0.6 is 0 Å². The quantitative estimate of drug-likeness (QED) is 0.599. The lowest BCUT2D eigenvalue weighted by atomic mass is 10.00. The maximum atomic E-state index is 12.8. The molecular formula is C22H21N3O5S. The molecule has 1 aromatic heterocycles. The number of aromatic nitrogens is 2. The normalized spacial score (nSPS) is 19.2. The summed E-state index contributed by atoms with van der Waals surface area (Å²) in [7, 11) is -3.54. The average molecular weight is 439 g/mol. The fraction of sp³-hybridized carbons (Fsp3) is 0.273. The van der Waals surface area contributed by atoms with Crippen LogP contribution in [0.2, 0.25) is 0 Å². The summed E-state index contributed by atoms with van der Waals surface area (Å²) in [6.45, 7) is 0.977. The first-order chi connectivity index (χ1) is 15.1. The van der Waals surface area contributed by atoms with Crippen molar-refractivity contribution in [3.63, 3.8) is 0 Å². The molecule has 0 spiro atoms. The van der Waals surface area contributed by atoms with Gasteiger partial charge in [0.1, 0.15) is 0 Å². The Hall–Kier alpha value is -3.17. The molecule has 160 valence electrons. The minimum absolute atomic E-state index is 0.149. The Balaban J connectivity index is 1.31. The van der Waals surface area contributed by atoms with Crippen LogP contribution in [0, 0.1) is 0 Å². The maximum Gasteiger partial charge on any atom is 0.247 e. The van der Waals surface area contributed by atoms with Crippen molar-refractivity contribution in [1.82, 2.24) is 14.5 Å². The van der Waals surface area contributed by atoms with Gasteiger partial charge in [0.15, 0.2) is 11.5 Å². The van der Waals surface area contributed by atoms with Crippen LogP contribution in [0.5, 0.6) is 11.5 Å². The van der Waals surface area contributed by atoms with Crippen molar-refractivity contribution in [1.29, 1.82) is 0 Å². The van der Waals surface area contributed by atoms with E-state index in [-0.39, 0.29) is 12.7 Å². The molecule has 1 unspecified atom stereocenters. The fourth-order valence-corrected chi connectivity index (χ4v) is 5.01. The zero-order valence-corrected chi connectivity index (χ0v) is 17.5. The zero-order valence-electron chi connectivity index (χ0n) is 16.7. The van der Waals surface area contributed by atoms with E-state index in [0.29, 0.717) is 36.4 Å². The number of hydrogen-bond donors (Lipinski definition) is 0. The third-order valence-corrected chi connectivity index (χ3v) is 6.92. The molecule has 31 heavy (non-hydrogen) atoms. The second-order valence-electron chi connectivity index (χ2n) is 7.47. The molecule has 5 rings (SSSR count). The van der Waals surface area contributed by atoms with Gasteiger partial charge in [0.25, 0.3) is 0 Å². The van der Waals surface area contributed by atoms with Gasteiger partial charge < -0.3 is 13.9 Å². The van der Waals surface area contributed by atoms with Gasteiger partial charge in [-0.15, -0.1) is 10.2 Å². The highest BCUT2D eigenvalue weighted by molar-refractivity contribution is 7.92. The third-order valence-electron chi connectivity index (χ3n) is 5.39. The van der Waals surface area contributed by atoms with Crippen molar-refractivity contribution in [3.8, 4) is 23.0 Å². The standard InChI is InChI=1S/C22H21N3O5S/c26-31(27,12-10-16-5-2-1-3-6-16)25-11-4-7-18(14-25)22-24-23-21(30-22)17-8-9-19-20(13-17)29-15-28-19/h1-3,5-6,8-10,12-13,18H,4,7,11,14-15H2. The van der Waals surface area contributed by atoms with Gasteiger partial charge in [-0.25, -0.2) is 8.42 Å². The molecule has 0 aliphatic carbocycles. The smallest absolute Gasteiger partial charge is 0.247 e. The first-order valence-electron chi connectivity index (χ1n) is 10.1. The molecule has 2 aromatic carbocycles. The number of sulfonamides is 1. The molecule has 0 radical (unpaired) electrons. The number of rotatable bonds is 5. The summed E-state index contributed by atoms with van der Waals surface area (Å²) in [5.41, 5.74) is 1.57. The molecule has 2 aliphatic heterocycles. The summed E-state index contributed by atoms with van der Waals surface area (Å²) in [6, 6.07) is 14.8. The van der Waals surface area contributed by atoms with Crippen molar-refractivity contribution in [2.24, 2.45) is 0 Å². The van der Waals surface area contributed by atoms with E-state index in [4.69, 9.17) is 13.9 Å². The summed E-state index contributed by atoms with van der Waals surface area (Å²) >= 11 is 0. The number of nitrogens with zero attached hydrogens (tertiary/aromatic N) is 3. The highest BCUT2D eigenvalue weighted by Gasteiger charge is 2.31. The van der Waals surface area contributed by atoms with E-state index >= 15 is 0 Å². The molecule has 1 fully saturated rings. The lowest BCUT2D eigenvalue weighted by Gasteiger charge is -2.29. The van der Waals surface area contributed by atoms with Crippen molar-refractivity contribution >= 4 is 16.1 Å². The second kappa shape index (κ2) is 8.16. The molecule has 3 heterocycles. The molecule has 8 nitrogen and oxygen atoms in total. The van der Waals surface area contributed by atoms with E-state index < -0.39 is 10.0 Å². The summed E-state index contributed by atoms with van der Waals surface area (Å²) in [5, 5.41) is 9.61. The Morgan fingerprint density at radius 2 is 1.87 bits per heavy atom. The molecule has 0 bridgehead atoms. The summed E-state index contributed by atoms with van der Waals surface area (Å²) in [6.07, 6.45) is 3.13. The molecule has 1 saturated heterocycles. The summed E-state index contributed by atoms with van der Waals surface area (Å²) in [5.74, 6) is 1.98. The minimum Gasteiger partial charge on any atom is -0.454 e. The van der Waals surface area contributed by atoms with Crippen molar-refractivity contribution in [2.45, 2.75) is 18.8 Å². The predicted octanol–water partition coefficient (Wildman–Crippen LogP) is 3.65. The SMILES string of the molecule is O=S(=O)(C=Cc1ccccc1)N1CCCC(c2nnc(-c3ccc4c(c3)OCO4)o2)C1. The molecule has 0 saturated carbocycles. The van der Waals surface area contributed by atoms with E-state index in [1.165, 1.54) is 9.71 Å². The lowest BCUT2D eigenvalue weighted by Crippen LogP contribution is -2.38. The Labute approximate surface area is 180 Å². The van der Waals surface area contributed by atoms with Crippen LogP contribution in [0.15, 0.2) is 58.4 Å². The van der Waals surface area contributed by atoms with E-state index in [1.54, 1.807) is 18.2 Å². The van der Waals surface area contributed by atoms with Crippen LogP contribution in [-0.2, 0) is 10.0 Å².